The number of anilines is 2. The minimum Gasteiger partial charge on any atom is -0.496 e. The van der Waals surface area contributed by atoms with Crippen molar-refractivity contribution in [3.05, 3.63) is 48.1 Å². The molecule has 9 heteroatoms. The highest BCUT2D eigenvalue weighted by atomic mass is 16.5. The summed E-state index contributed by atoms with van der Waals surface area (Å²) in [6.07, 6.45) is 5.29. The van der Waals surface area contributed by atoms with Crippen LogP contribution in [0.2, 0.25) is 0 Å². The molecule has 2 N–H and O–H groups in total. The number of H-pyrrole nitrogens is 1. The SMILES string of the molecule is [C-]#[N+]c1cnc(Nc2cc(-c3ccc(OC[C@@H]4CCCN4C)cc3OC)[nH]n2)cn1. The first-order valence-electron chi connectivity index (χ1n) is 9.69. The second kappa shape index (κ2) is 8.80. The van der Waals surface area contributed by atoms with Gasteiger partial charge in [-0.2, -0.15) is 5.10 Å². The van der Waals surface area contributed by atoms with E-state index < -0.39 is 0 Å². The number of methoxy groups -OCH3 is 1. The first-order chi connectivity index (χ1) is 14.7. The molecule has 1 atom stereocenters. The number of aromatic amines is 1. The molecule has 0 amide bonds. The number of rotatable bonds is 7. The summed E-state index contributed by atoms with van der Waals surface area (Å²) in [6.45, 7) is 8.73. The number of aromatic nitrogens is 4. The van der Waals surface area contributed by atoms with Gasteiger partial charge in [-0.25, -0.2) is 4.98 Å². The van der Waals surface area contributed by atoms with Crippen LogP contribution in [0.1, 0.15) is 12.8 Å². The fraction of sp³-hybridized carbons (Fsp3) is 0.333. The number of nitrogens with one attached hydrogen (secondary N) is 2. The number of hydrogen-bond acceptors (Lipinski definition) is 7. The summed E-state index contributed by atoms with van der Waals surface area (Å²) in [5.74, 6) is 2.82. The van der Waals surface area contributed by atoms with E-state index >= 15 is 0 Å². The summed E-state index contributed by atoms with van der Waals surface area (Å²) in [7, 11) is 3.77. The monoisotopic (exact) mass is 405 g/mol. The van der Waals surface area contributed by atoms with Crippen molar-refractivity contribution >= 4 is 17.5 Å². The third-order valence-electron chi connectivity index (χ3n) is 5.16. The highest BCUT2D eigenvalue weighted by Crippen LogP contribution is 2.33. The van der Waals surface area contributed by atoms with Gasteiger partial charge < -0.3 is 24.5 Å². The molecule has 0 bridgehead atoms. The number of nitrogens with zero attached hydrogens (tertiary/aromatic N) is 5. The fourth-order valence-corrected chi connectivity index (χ4v) is 3.46. The summed E-state index contributed by atoms with van der Waals surface area (Å²) in [6, 6.07) is 8.11. The minimum absolute atomic E-state index is 0.245. The van der Waals surface area contributed by atoms with E-state index in [1.165, 1.54) is 25.2 Å². The Hall–Kier alpha value is -3.64. The number of likely N-dealkylation sites (N-methyl/N-ethyl adjacent to an activating group) is 1. The predicted molar refractivity (Wildman–Crippen MR) is 113 cm³/mol. The van der Waals surface area contributed by atoms with Crippen LogP contribution in [-0.2, 0) is 0 Å². The fourth-order valence-electron chi connectivity index (χ4n) is 3.46. The molecule has 0 saturated carbocycles. The summed E-state index contributed by atoms with van der Waals surface area (Å²) in [5.41, 5.74) is 1.67. The molecular weight excluding hydrogens is 382 g/mol. The Morgan fingerprint density at radius 2 is 2.17 bits per heavy atom. The maximum absolute atomic E-state index is 6.93. The molecule has 1 fully saturated rings. The summed E-state index contributed by atoms with van der Waals surface area (Å²) in [5, 5.41) is 10.3. The average molecular weight is 405 g/mol. The smallest absolute Gasteiger partial charge is 0.288 e. The summed E-state index contributed by atoms with van der Waals surface area (Å²) < 4.78 is 11.6. The van der Waals surface area contributed by atoms with E-state index in [0.29, 0.717) is 30.0 Å². The second-order valence-electron chi connectivity index (χ2n) is 7.11. The Morgan fingerprint density at radius 1 is 1.27 bits per heavy atom. The topological polar surface area (TPSA) is 92.6 Å². The number of hydrogen-bond donors (Lipinski definition) is 2. The van der Waals surface area contributed by atoms with Gasteiger partial charge in [0, 0.05) is 23.7 Å². The molecule has 30 heavy (non-hydrogen) atoms. The molecule has 1 aromatic carbocycles. The van der Waals surface area contributed by atoms with Crippen molar-refractivity contribution < 1.29 is 9.47 Å². The summed E-state index contributed by atoms with van der Waals surface area (Å²) in [4.78, 5) is 13.7. The van der Waals surface area contributed by atoms with Crippen molar-refractivity contribution in [2.24, 2.45) is 0 Å². The molecule has 1 aliphatic heterocycles. The van der Waals surface area contributed by atoms with E-state index in [1.807, 2.05) is 24.3 Å². The van der Waals surface area contributed by atoms with Gasteiger partial charge in [0.15, 0.2) is 17.8 Å². The van der Waals surface area contributed by atoms with E-state index in [4.69, 9.17) is 16.0 Å². The maximum atomic E-state index is 6.93. The van der Waals surface area contributed by atoms with E-state index in [1.54, 1.807) is 7.11 Å². The Morgan fingerprint density at radius 3 is 2.87 bits per heavy atom. The van der Waals surface area contributed by atoms with Crippen LogP contribution >= 0.6 is 0 Å². The lowest BCUT2D eigenvalue weighted by atomic mass is 10.1. The number of likely N-dealkylation sites (tertiary alicyclic amines) is 1. The van der Waals surface area contributed by atoms with Gasteiger partial charge in [-0.1, -0.05) is 6.57 Å². The third kappa shape index (κ3) is 4.34. The van der Waals surface area contributed by atoms with E-state index in [-0.39, 0.29) is 5.82 Å². The molecule has 2 aromatic heterocycles. The minimum atomic E-state index is 0.245. The molecule has 3 aromatic rings. The largest absolute Gasteiger partial charge is 0.496 e. The van der Waals surface area contributed by atoms with E-state index in [9.17, 15) is 0 Å². The Kier molecular flexibility index (Phi) is 5.77. The first-order valence-corrected chi connectivity index (χ1v) is 9.69. The highest BCUT2D eigenvalue weighted by Gasteiger charge is 2.21. The molecular formula is C21H23N7O2. The lowest BCUT2D eigenvalue weighted by Crippen LogP contribution is -2.30. The molecule has 0 spiro atoms. The molecule has 9 nitrogen and oxygen atoms in total. The normalized spacial score (nSPS) is 16.2. The molecule has 3 heterocycles. The Balaban J connectivity index is 1.46. The zero-order chi connectivity index (χ0) is 20.9. The van der Waals surface area contributed by atoms with Gasteiger partial charge in [-0.05, 0) is 38.6 Å². The number of ether oxygens (including phenoxy) is 2. The van der Waals surface area contributed by atoms with Crippen LogP contribution in [0.25, 0.3) is 16.1 Å². The van der Waals surface area contributed by atoms with Gasteiger partial charge in [0.1, 0.15) is 18.1 Å². The molecule has 0 radical (unpaired) electrons. The quantitative estimate of drug-likeness (QED) is 0.580. The molecule has 4 rings (SSSR count). The van der Waals surface area contributed by atoms with E-state index in [0.717, 1.165) is 23.6 Å². The maximum Gasteiger partial charge on any atom is 0.288 e. The van der Waals surface area contributed by atoms with Crippen LogP contribution in [0, 0.1) is 6.57 Å². The lowest BCUT2D eigenvalue weighted by molar-refractivity contribution is 0.198. The summed E-state index contributed by atoms with van der Waals surface area (Å²) >= 11 is 0. The van der Waals surface area contributed by atoms with Crippen molar-refractivity contribution in [1.29, 1.82) is 0 Å². The van der Waals surface area contributed by atoms with Crippen LogP contribution in [-0.4, -0.2) is 58.4 Å². The Labute approximate surface area is 174 Å². The molecule has 1 saturated heterocycles. The predicted octanol–water partition coefficient (Wildman–Crippen LogP) is 3.64. The van der Waals surface area contributed by atoms with Crippen LogP contribution in [0.15, 0.2) is 36.7 Å². The molecule has 154 valence electrons. The van der Waals surface area contributed by atoms with Crippen LogP contribution < -0.4 is 14.8 Å². The highest BCUT2D eigenvalue weighted by molar-refractivity contribution is 5.71. The van der Waals surface area contributed by atoms with Gasteiger partial charge in [-0.15, -0.1) is 4.98 Å². The van der Waals surface area contributed by atoms with Crippen molar-refractivity contribution in [1.82, 2.24) is 25.1 Å². The van der Waals surface area contributed by atoms with Gasteiger partial charge in [0.25, 0.3) is 5.82 Å². The molecule has 1 aliphatic rings. The average Bonchev–Trinajstić information content (AvgIpc) is 3.41. The van der Waals surface area contributed by atoms with Crippen LogP contribution in [0.4, 0.5) is 17.5 Å². The number of benzene rings is 1. The van der Waals surface area contributed by atoms with Crippen molar-refractivity contribution in [3.8, 4) is 22.8 Å². The van der Waals surface area contributed by atoms with Gasteiger partial charge in [0.2, 0.25) is 0 Å². The zero-order valence-electron chi connectivity index (χ0n) is 16.9. The van der Waals surface area contributed by atoms with Crippen molar-refractivity contribution in [3.63, 3.8) is 0 Å². The second-order valence-corrected chi connectivity index (χ2v) is 7.11. The van der Waals surface area contributed by atoms with Crippen molar-refractivity contribution in [2.45, 2.75) is 18.9 Å². The first kappa shape index (κ1) is 19.7. The Bertz CT molecular complexity index is 1040. The molecule has 0 unspecified atom stereocenters. The van der Waals surface area contributed by atoms with Gasteiger partial charge in [0.05, 0.1) is 19.0 Å². The van der Waals surface area contributed by atoms with Crippen LogP contribution in [0.5, 0.6) is 11.5 Å². The molecule has 0 aliphatic carbocycles. The zero-order valence-corrected chi connectivity index (χ0v) is 16.9. The van der Waals surface area contributed by atoms with Gasteiger partial charge in [-0.3, -0.25) is 5.10 Å². The standard InChI is InChI=1S/C21H23N7O2/c1-22-20-11-24-21(12-23-20)25-19-10-17(26-27-19)16-7-6-15(9-18(16)29-3)30-13-14-5-4-8-28(14)2/h6-7,9-12,14H,4-5,8,13H2,2-3H3,(H2,24,25,26,27)/t14-/m0/s1. The van der Waals surface area contributed by atoms with Crippen LogP contribution in [0.3, 0.4) is 0 Å². The lowest BCUT2D eigenvalue weighted by Gasteiger charge is -2.20. The third-order valence-corrected chi connectivity index (χ3v) is 5.16. The van der Waals surface area contributed by atoms with Crippen molar-refractivity contribution in [2.75, 3.05) is 32.6 Å². The van der Waals surface area contributed by atoms with Gasteiger partial charge >= 0.3 is 0 Å². The van der Waals surface area contributed by atoms with E-state index in [2.05, 4.69) is 42.3 Å².